The molecule has 0 saturated carbocycles. The van der Waals surface area contributed by atoms with Crippen molar-refractivity contribution in [3.05, 3.63) is 0 Å². The predicted octanol–water partition coefficient (Wildman–Crippen LogP) is 2.58. The molecule has 0 N–H and O–H groups in total. The topological polar surface area (TPSA) is 18.5 Å². The molecular weight excluding hydrogens is 204 g/mol. The van der Waals surface area contributed by atoms with Crippen molar-refractivity contribution in [2.45, 2.75) is 30.1 Å². The van der Waals surface area contributed by atoms with Crippen molar-refractivity contribution >= 4 is 23.5 Å². The van der Waals surface area contributed by atoms with Gasteiger partial charge in [0.2, 0.25) is 0 Å². The zero-order valence-corrected chi connectivity index (χ0v) is 10.2. The van der Waals surface area contributed by atoms with Gasteiger partial charge in [0.15, 0.2) is 5.79 Å². The van der Waals surface area contributed by atoms with E-state index in [1.807, 2.05) is 30.4 Å². The van der Waals surface area contributed by atoms with E-state index in [1.165, 1.54) is 17.9 Å². The van der Waals surface area contributed by atoms with Gasteiger partial charge in [0, 0.05) is 20.6 Å². The van der Waals surface area contributed by atoms with Gasteiger partial charge in [0.25, 0.3) is 0 Å². The van der Waals surface area contributed by atoms with Crippen LogP contribution in [0.4, 0.5) is 0 Å². The number of ether oxygens (including phenoxy) is 2. The van der Waals surface area contributed by atoms with Gasteiger partial charge in [-0.2, -0.15) is 0 Å². The third kappa shape index (κ3) is 3.70. The monoisotopic (exact) mass is 222 g/mol. The molecule has 2 nitrogen and oxygen atoms in total. The average molecular weight is 222 g/mol. The maximum atomic E-state index is 5.34. The normalized spacial score (nSPS) is 20.5. The zero-order chi connectivity index (χ0) is 9.73. The highest BCUT2D eigenvalue weighted by atomic mass is 32.2. The minimum Gasteiger partial charge on any atom is -0.353 e. The Balaban J connectivity index is 2.35. The summed E-state index contributed by atoms with van der Waals surface area (Å²) >= 11 is 4.05. The van der Waals surface area contributed by atoms with E-state index < -0.39 is 5.79 Å². The average Bonchev–Trinajstić information content (AvgIpc) is 2.19. The summed E-state index contributed by atoms with van der Waals surface area (Å²) in [5.41, 5.74) is 0. The third-order valence-corrected chi connectivity index (χ3v) is 5.24. The summed E-state index contributed by atoms with van der Waals surface area (Å²) in [4.78, 5) is 0. The van der Waals surface area contributed by atoms with Gasteiger partial charge >= 0.3 is 0 Å². The fraction of sp³-hybridized carbons (Fsp3) is 1.00. The molecule has 0 spiro atoms. The second kappa shape index (κ2) is 5.49. The second-order valence-electron chi connectivity index (χ2n) is 3.27. The molecule has 1 heterocycles. The van der Waals surface area contributed by atoms with E-state index in [1.54, 1.807) is 14.2 Å². The molecule has 1 aliphatic heterocycles. The van der Waals surface area contributed by atoms with Crippen LogP contribution in [0.2, 0.25) is 0 Å². The molecule has 0 atom stereocenters. The van der Waals surface area contributed by atoms with E-state index in [0.717, 1.165) is 6.42 Å². The van der Waals surface area contributed by atoms with Crippen molar-refractivity contribution in [1.29, 1.82) is 0 Å². The van der Waals surface area contributed by atoms with Gasteiger partial charge in [0.1, 0.15) is 0 Å². The molecular formula is C9H18O2S2. The Bertz CT molecular complexity index is 143. The quantitative estimate of drug-likeness (QED) is 0.680. The lowest BCUT2D eigenvalue weighted by atomic mass is 10.2. The van der Waals surface area contributed by atoms with Gasteiger partial charge in [-0.3, -0.25) is 0 Å². The molecule has 0 radical (unpaired) electrons. The lowest BCUT2D eigenvalue weighted by Crippen LogP contribution is -2.33. The Morgan fingerprint density at radius 3 is 2.23 bits per heavy atom. The highest BCUT2D eigenvalue weighted by Crippen LogP contribution is 2.36. The van der Waals surface area contributed by atoms with Crippen molar-refractivity contribution in [3.8, 4) is 0 Å². The molecule has 0 unspecified atom stereocenters. The maximum absolute atomic E-state index is 5.34. The summed E-state index contributed by atoms with van der Waals surface area (Å²) in [6.07, 6.45) is 2.30. The smallest absolute Gasteiger partial charge is 0.166 e. The Kier molecular flexibility index (Phi) is 4.94. The van der Waals surface area contributed by atoms with Crippen LogP contribution in [0.3, 0.4) is 0 Å². The van der Waals surface area contributed by atoms with Crippen molar-refractivity contribution in [2.75, 3.05) is 25.7 Å². The van der Waals surface area contributed by atoms with E-state index in [2.05, 4.69) is 0 Å². The van der Waals surface area contributed by atoms with Crippen LogP contribution in [0.1, 0.15) is 19.8 Å². The van der Waals surface area contributed by atoms with Crippen molar-refractivity contribution in [2.24, 2.45) is 0 Å². The van der Waals surface area contributed by atoms with Gasteiger partial charge in [-0.25, -0.2) is 0 Å². The molecule has 0 aromatic rings. The summed E-state index contributed by atoms with van der Waals surface area (Å²) in [6.45, 7) is 2.00. The lowest BCUT2D eigenvalue weighted by Gasteiger charge is -2.31. The van der Waals surface area contributed by atoms with Crippen LogP contribution in [0.15, 0.2) is 0 Å². The van der Waals surface area contributed by atoms with Gasteiger partial charge in [-0.05, 0) is 24.9 Å². The standard InChI is InChI=1S/C9H18O2S2/c1-9(10-2,11-3)7-8-12-5-4-6-13-8/h8H,4-7H2,1-3H3. The van der Waals surface area contributed by atoms with Crippen molar-refractivity contribution in [3.63, 3.8) is 0 Å². The molecule has 0 aromatic heterocycles. The van der Waals surface area contributed by atoms with E-state index in [-0.39, 0.29) is 0 Å². The van der Waals surface area contributed by atoms with Crippen LogP contribution in [0, 0.1) is 0 Å². The predicted molar refractivity (Wildman–Crippen MR) is 60.4 cm³/mol. The summed E-state index contributed by atoms with van der Waals surface area (Å²) in [6, 6.07) is 0. The minimum absolute atomic E-state index is 0.401. The summed E-state index contributed by atoms with van der Waals surface area (Å²) in [5, 5.41) is 0. The first-order valence-corrected chi connectivity index (χ1v) is 6.63. The summed E-state index contributed by atoms with van der Waals surface area (Å²) < 4.78 is 11.3. The SMILES string of the molecule is COC(C)(CC1SCCCS1)OC. The Hall–Kier alpha value is 0.620. The number of hydrogen-bond donors (Lipinski definition) is 0. The van der Waals surface area contributed by atoms with Gasteiger partial charge in [-0.1, -0.05) is 0 Å². The molecule has 4 heteroatoms. The molecule has 1 fully saturated rings. The number of methoxy groups -OCH3 is 2. The summed E-state index contributed by atoms with van der Waals surface area (Å²) in [7, 11) is 3.42. The molecule has 0 aliphatic carbocycles. The first kappa shape index (κ1) is 11.7. The Morgan fingerprint density at radius 1 is 1.23 bits per heavy atom. The van der Waals surface area contributed by atoms with Crippen LogP contribution >= 0.6 is 23.5 Å². The van der Waals surface area contributed by atoms with Crippen LogP contribution < -0.4 is 0 Å². The van der Waals surface area contributed by atoms with Gasteiger partial charge in [-0.15, -0.1) is 23.5 Å². The van der Waals surface area contributed by atoms with E-state index in [0.29, 0.717) is 4.58 Å². The molecule has 78 valence electrons. The molecule has 0 aromatic carbocycles. The minimum atomic E-state index is -0.401. The largest absolute Gasteiger partial charge is 0.353 e. The lowest BCUT2D eigenvalue weighted by molar-refractivity contribution is -0.194. The zero-order valence-electron chi connectivity index (χ0n) is 8.54. The number of thioether (sulfide) groups is 2. The van der Waals surface area contributed by atoms with Crippen LogP contribution in [0.5, 0.6) is 0 Å². The highest BCUT2D eigenvalue weighted by Gasteiger charge is 2.29. The molecule has 1 rings (SSSR count). The van der Waals surface area contributed by atoms with Gasteiger partial charge in [0.05, 0.1) is 4.58 Å². The van der Waals surface area contributed by atoms with Crippen molar-refractivity contribution < 1.29 is 9.47 Å². The van der Waals surface area contributed by atoms with E-state index >= 15 is 0 Å². The fourth-order valence-electron chi connectivity index (χ4n) is 1.21. The Labute approximate surface area is 89.1 Å². The number of rotatable bonds is 4. The molecule has 1 aliphatic rings. The van der Waals surface area contributed by atoms with Crippen LogP contribution in [-0.2, 0) is 9.47 Å². The Morgan fingerprint density at radius 2 is 1.77 bits per heavy atom. The third-order valence-electron chi connectivity index (χ3n) is 2.30. The second-order valence-corrected chi connectivity index (χ2v) is 6.19. The molecule has 0 amide bonds. The van der Waals surface area contributed by atoms with Gasteiger partial charge < -0.3 is 9.47 Å². The fourth-order valence-corrected chi connectivity index (χ4v) is 4.34. The summed E-state index contributed by atoms with van der Waals surface area (Å²) in [5.74, 6) is 2.16. The highest BCUT2D eigenvalue weighted by molar-refractivity contribution is 8.17. The number of hydrogen-bond acceptors (Lipinski definition) is 4. The molecule has 13 heavy (non-hydrogen) atoms. The molecule has 0 bridgehead atoms. The van der Waals surface area contributed by atoms with E-state index in [9.17, 15) is 0 Å². The molecule has 1 saturated heterocycles. The first-order valence-electron chi connectivity index (χ1n) is 4.54. The maximum Gasteiger partial charge on any atom is 0.166 e. The van der Waals surface area contributed by atoms with E-state index in [4.69, 9.17) is 9.47 Å². The van der Waals surface area contributed by atoms with Crippen LogP contribution in [-0.4, -0.2) is 36.1 Å². The van der Waals surface area contributed by atoms with Crippen molar-refractivity contribution in [1.82, 2.24) is 0 Å². The first-order chi connectivity index (χ1) is 6.20. The van der Waals surface area contributed by atoms with Crippen LogP contribution in [0.25, 0.3) is 0 Å².